The molecule has 1 aliphatic heterocycles. The lowest BCUT2D eigenvalue weighted by atomic mass is 10.2. The molecule has 8 heteroatoms. The predicted molar refractivity (Wildman–Crippen MR) is 86.0 cm³/mol. The second-order valence-corrected chi connectivity index (χ2v) is 6.05. The van der Waals surface area contributed by atoms with Crippen molar-refractivity contribution >= 4 is 0 Å². The average molecular weight is 328 g/mol. The molecule has 126 valence electrons. The van der Waals surface area contributed by atoms with Crippen molar-refractivity contribution in [3.8, 4) is 11.3 Å². The van der Waals surface area contributed by atoms with Gasteiger partial charge >= 0.3 is 0 Å². The third-order valence-corrected chi connectivity index (χ3v) is 4.12. The molecule has 0 radical (unpaired) electrons. The van der Waals surface area contributed by atoms with Crippen LogP contribution in [0.2, 0.25) is 0 Å². The number of hydrogen-bond donors (Lipinski definition) is 1. The first-order valence-electron chi connectivity index (χ1n) is 7.98. The smallest absolute Gasteiger partial charge is 0.121 e. The van der Waals surface area contributed by atoms with E-state index in [1.54, 1.807) is 10.9 Å². The Hall–Kier alpha value is -2.45. The van der Waals surface area contributed by atoms with Crippen LogP contribution in [-0.4, -0.2) is 37.4 Å². The molecule has 0 unspecified atom stereocenters. The summed E-state index contributed by atoms with van der Waals surface area (Å²) in [7, 11) is 1.89. The number of furan rings is 1. The number of fused-ring (bicyclic) bond motifs is 1. The summed E-state index contributed by atoms with van der Waals surface area (Å²) in [5, 5.41) is 16.1. The minimum Gasteiger partial charge on any atom is -0.465 e. The van der Waals surface area contributed by atoms with E-state index in [2.05, 4.69) is 20.7 Å². The molecule has 1 N–H and O–H groups in total. The van der Waals surface area contributed by atoms with Gasteiger partial charge in [0.15, 0.2) is 0 Å². The van der Waals surface area contributed by atoms with Crippen LogP contribution < -0.4 is 5.32 Å². The maximum atomic E-state index is 5.95. The van der Waals surface area contributed by atoms with E-state index in [0.717, 1.165) is 35.0 Å². The first kappa shape index (κ1) is 15.1. The van der Waals surface area contributed by atoms with E-state index in [0.29, 0.717) is 19.7 Å². The monoisotopic (exact) mass is 328 g/mol. The third kappa shape index (κ3) is 2.98. The van der Waals surface area contributed by atoms with Gasteiger partial charge in [-0.15, -0.1) is 5.10 Å². The molecule has 0 aliphatic carbocycles. The van der Waals surface area contributed by atoms with Crippen LogP contribution in [0.15, 0.2) is 28.9 Å². The molecule has 0 aromatic carbocycles. The molecule has 4 rings (SSSR count). The molecule has 3 aromatic rings. The van der Waals surface area contributed by atoms with Gasteiger partial charge in [-0.1, -0.05) is 5.21 Å². The van der Waals surface area contributed by atoms with Gasteiger partial charge in [0.1, 0.15) is 17.2 Å². The maximum Gasteiger partial charge on any atom is 0.121 e. The molecule has 0 saturated heterocycles. The Kier molecular flexibility index (Phi) is 3.91. The highest BCUT2D eigenvalue weighted by molar-refractivity contribution is 5.59. The Morgan fingerprint density at radius 2 is 2.29 bits per heavy atom. The zero-order valence-electron chi connectivity index (χ0n) is 13.8. The molecule has 4 heterocycles. The van der Waals surface area contributed by atoms with Crippen molar-refractivity contribution in [3.05, 3.63) is 41.7 Å². The van der Waals surface area contributed by atoms with Crippen molar-refractivity contribution in [2.75, 3.05) is 6.54 Å². The second-order valence-electron chi connectivity index (χ2n) is 6.05. The van der Waals surface area contributed by atoms with Crippen molar-refractivity contribution in [1.29, 1.82) is 0 Å². The molecule has 0 fully saturated rings. The van der Waals surface area contributed by atoms with Crippen molar-refractivity contribution in [2.24, 2.45) is 7.05 Å². The standard InChI is InChI=1S/C16H20N6O2/c1-11-3-4-13(24-11)6-17-7-14-9-22-15(10-23-14)16(19-20-22)12-5-18-21(2)8-12/h3-5,8,14,17H,6-7,9-10H2,1-2H3/t14-/m0/s1. The molecule has 1 atom stereocenters. The highest BCUT2D eigenvalue weighted by Gasteiger charge is 2.24. The fourth-order valence-electron chi connectivity index (χ4n) is 2.89. The maximum absolute atomic E-state index is 5.95. The summed E-state index contributed by atoms with van der Waals surface area (Å²) in [6.07, 6.45) is 3.80. The number of rotatable bonds is 5. The number of aryl methyl sites for hydroxylation is 2. The molecular weight excluding hydrogens is 308 g/mol. The lowest BCUT2D eigenvalue weighted by molar-refractivity contribution is 0.00106. The summed E-state index contributed by atoms with van der Waals surface area (Å²) < 4.78 is 15.2. The van der Waals surface area contributed by atoms with Crippen LogP contribution in [0.5, 0.6) is 0 Å². The lowest BCUT2D eigenvalue weighted by Crippen LogP contribution is -2.36. The summed E-state index contributed by atoms with van der Waals surface area (Å²) in [5.74, 6) is 1.86. The third-order valence-electron chi connectivity index (χ3n) is 4.12. The molecule has 0 bridgehead atoms. The van der Waals surface area contributed by atoms with E-state index in [9.17, 15) is 0 Å². The van der Waals surface area contributed by atoms with E-state index in [1.807, 2.05) is 37.0 Å². The van der Waals surface area contributed by atoms with Crippen molar-refractivity contribution in [1.82, 2.24) is 30.1 Å². The molecule has 1 aliphatic rings. The molecule has 0 spiro atoms. The fraction of sp³-hybridized carbons (Fsp3) is 0.438. The Morgan fingerprint density at radius 1 is 1.38 bits per heavy atom. The van der Waals surface area contributed by atoms with E-state index < -0.39 is 0 Å². The Balaban J connectivity index is 1.37. The van der Waals surface area contributed by atoms with Crippen LogP contribution in [0, 0.1) is 6.92 Å². The van der Waals surface area contributed by atoms with Gasteiger partial charge in [0.2, 0.25) is 0 Å². The largest absolute Gasteiger partial charge is 0.465 e. The van der Waals surface area contributed by atoms with Gasteiger partial charge in [0.05, 0.1) is 37.7 Å². The average Bonchev–Trinajstić information content (AvgIpc) is 3.27. The van der Waals surface area contributed by atoms with E-state index in [-0.39, 0.29) is 6.10 Å². The van der Waals surface area contributed by atoms with Gasteiger partial charge < -0.3 is 14.5 Å². The Bertz CT molecular complexity index is 833. The quantitative estimate of drug-likeness (QED) is 0.759. The number of nitrogens with zero attached hydrogens (tertiary/aromatic N) is 5. The Morgan fingerprint density at radius 3 is 3.04 bits per heavy atom. The van der Waals surface area contributed by atoms with Crippen molar-refractivity contribution in [2.45, 2.75) is 32.7 Å². The number of aromatic nitrogens is 5. The van der Waals surface area contributed by atoms with Gasteiger partial charge in [0, 0.05) is 25.4 Å². The molecular formula is C16H20N6O2. The molecule has 0 saturated carbocycles. The summed E-state index contributed by atoms with van der Waals surface area (Å²) in [5.41, 5.74) is 2.81. The zero-order chi connectivity index (χ0) is 16.5. The van der Waals surface area contributed by atoms with Crippen LogP contribution >= 0.6 is 0 Å². The molecule has 0 amide bonds. The van der Waals surface area contributed by atoms with Crippen molar-refractivity contribution in [3.63, 3.8) is 0 Å². The summed E-state index contributed by atoms with van der Waals surface area (Å²) >= 11 is 0. The van der Waals surface area contributed by atoms with Gasteiger partial charge in [-0.05, 0) is 19.1 Å². The molecule has 8 nitrogen and oxygen atoms in total. The lowest BCUT2D eigenvalue weighted by Gasteiger charge is -2.24. The summed E-state index contributed by atoms with van der Waals surface area (Å²) in [6.45, 7) is 4.57. The summed E-state index contributed by atoms with van der Waals surface area (Å²) in [6, 6.07) is 3.95. The number of hydrogen-bond acceptors (Lipinski definition) is 6. The predicted octanol–water partition coefficient (Wildman–Crippen LogP) is 1.27. The Labute approximate surface area is 139 Å². The SMILES string of the molecule is Cc1ccc(CNC[C@H]2Cn3nnc(-c4cnn(C)c4)c3CO2)o1. The number of ether oxygens (including phenoxy) is 1. The van der Waals surface area contributed by atoms with Crippen LogP contribution in [-0.2, 0) is 31.5 Å². The minimum atomic E-state index is 0.0667. The van der Waals surface area contributed by atoms with Crippen LogP contribution in [0.1, 0.15) is 17.2 Å². The zero-order valence-corrected chi connectivity index (χ0v) is 13.8. The highest BCUT2D eigenvalue weighted by Crippen LogP contribution is 2.24. The number of nitrogens with one attached hydrogen (secondary N) is 1. The molecule has 3 aromatic heterocycles. The van der Waals surface area contributed by atoms with Crippen LogP contribution in [0.3, 0.4) is 0 Å². The van der Waals surface area contributed by atoms with Crippen LogP contribution in [0.25, 0.3) is 11.3 Å². The van der Waals surface area contributed by atoms with E-state index >= 15 is 0 Å². The van der Waals surface area contributed by atoms with Gasteiger partial charge in [-0.2, -0.15) is 5.10 Å². The van der Waals surface area contributed by atoms with Gasteiger partial charge in [-0.3, -0.25) is 4.68 Å². The minimum absolute atomic E-state index is 0.0667. The first-order chi connectivity index (χ1) is 11.7. The van der Waals surface area contributed by atoms with E-state index in [4.69, 9.17) is 9.15 Å². The topological polar surface area (TPSA) is 82.9 Å². The normalized spacial score (nSPS) is 17.2. The summed E-state index contributed by atoms with van der Waals surface area (Å²) in [4.78, 5) is 0. The van der Waals surface area contributed by atoms with E-state index in [1.165, 1.54) is 0 Å². The van der Waals surface area contributed by atoms with Crippen LogP contribution in [0.4, 0.5) is 0 Å². The fourth-order valence-corrected chi connectivity index (χ4v) is 2.89. The van der Waals surface area contributed by atoms with Gasteiger partial charge in [-0.25, -0.2) is 4.68 Å². The van der Waals surface area contributed by atoms with Crippen molar-refractivity contribution < 1.29 is 9.15 Å². The molecule has 24 heavy (non-hydrogen) atoms. The highest BCUT2D eigenvalue weighted by atomic mass is 16.5. The first-order valence-corrected chi connectivity index (χ1v) is 7.98. The second kappa shape index (κ2) is 6.21. The van der Waals surface area contributed by atoms with Gasteiger partial charge in [0.25, 0.3) is 0 Å².